The van der Waals surface area contributed by atoms with E-state index in [0.717, 1.165) is 6.42 Å². The summed E-state index contributed by atoms with van der Waals surface area (Å²) in [6.45, 7) is 2.74. The molecule has 1 aliphatic heterocycles. The minimum atomic E-state index is -0.0848. The average molecular weight is 520 g/mol. The van der Waals surface area contributed by atoms with E-state index in [-0.39, 0.29) is 29.7 Å². The predicted molar refractivity (Wildman–Crippen MR) is 164 cm³/mol. The molecular weight excluding hydrogens is 486 g/mol. The predicted octanol–water partition coefficient (Wildman–Crippen LogP) is 8.87. The van der Waals surface area contributed by atoms with E-state index in [1.807, 2.05) is 6.07 Å². The van der Waals surface area contributed by atoms with Crippen molar-refractivity contribution < 1.29 is 4.79 Å². The third-order valence-corrected chi connectivity index (χ3v) is 8.88. The Labute approximate surface area is 236 Å². The molecule has 0 saturated carbocycles. The number of allylic oxidation sites excluding steroid dienone is 1. The number of fused-ring (bicyclic) bond motifs is 2. The van der Waals surface area contributed by atoms with Crippen LogP contribution in [0, 0.1) is 18.8 Å². The number of hydrogen-bond acceptors (Lipinski definition) is 1. The fourth-order valence-corrected chi connectivity index (χ4v) is 6.88. The van der Waals surface area contributed by atoms with Gasteiger partial charge in [0.05, 0.1) is 12.0 Å². The average Bonchev–Trinajstić information content (AvgIpc) is 3.29. The van der Waals surface area contributed by atoms with E-state index >= 15 is 0 Å². The van der Waals surface area contributed by atoms with Crippen LogP contribution >= 0.6 is 0 Å². The number of likely N-dealkylation sites (tertiary alicyclic amines) is 1. The summed E-state index contributed by atoms with van der Waals surface area (Å²) >= 11 is 0. The zero-order valence-electron chi connectivity index (χ0n) is 22.8. The molecule has 4 atom stereocenters. The Balaban J connectivity index is 1.30. The molecule has 5 aromatic rings. The first-order valence-corrected chi connectivity index (χ1v) is 14.3. The highest BCUT2D eigenvalue weighted by atomic mass is 16.2. The largest absolute Gasteiger partial charge is 0.330 e. The van der Waals surface area contributed by atoms with Crippen molar-refractivity contribution >= 4 is 16.7 Å². The zero-order chi connectivity index (χ0) is 27.1. The van der Waals surface area contributed by atoms with Crippen LogP contribution in [0.25, 0.3) is 21.9 Å². The van der Waals surface area contributed by atoms with Crippen LogP contribution in [-0.2, 0) is 11.3 Å². The molecule has 2 nitrogen and oxygen atoms in total. The fourth-order valence-electron chi connectivity index (χ4n) is 6.88. The minimum absolute atomic E-state index is 0.00152. The molecule has 1 heterocycles. The van der Waals surface area contributed by atoms with Gasteiger partial charge >= 0.3 is 0 Å². The van der Waals surface area contributed by atoms with Crippen LogP contribution in [0.3, 0.4) is 0 Å². The van der Waals surface area contributed by atoms with Crippen molar-refractivity contribution in [1.82, 2.24) is 4.90 Å². The number of rotatable bonds is 5. The topological polar surface area (TPSA) is 20.3 Å². The van der Waals surface area contributed by atoms with Gasteiger partial charge in [-0.25, -0.2) is 0 Å². The van der Waals surface area contributed by atoms with Crippen LogP contribution in [-0.4, -0.2) is 10.8 Å². The minimum Gasteiger partial charge on any atom is -0.330 e. The van der Waals surface area contributed by atoms with Crippen molar-refractivity contribution in [3.05, 3.63) is 156 Å². The van der Waals surface area contributed by atoms with E-state index in [1.54, 1.807) is 0 Å². The Bertz CT molecular complexity index is 1700. The highest BCUT2D eigenvalue weighted by molar-refractivity contribution is 5.86. The standard InChI is InChI=1S/C38H33NO/c1-26-17-19-29(20-18-26)31-13-7-14-32(23-31)34-15-8-16-35-36(34)38(40)39(25-27-9-3-2-4-10-27)37(35)33-22-21-28-11-5-6-12-30(28)24-33/h2-14,16-24,34-37H,15,25H2,1H3/t34-,35-,36-,37+/m1/s1. The maximum Gasteiger partial charge on any atom is 0.227 e. The molecule has 0 bridgehead atoms. The van der Waals surface area contributed by atoms with Crippen molar-refractivity contribution in [3.63, 3.8) is 0 Å². The molecule has 2 aliphatic rings. The maximum atomic E-state index is 14.5. The smallest absolute Gasteiger partial charge is 0.227 e. The molecule has 1 amide bonds. The summed E-state index contributed by atoms with van der Waals surface area (Å²) in [5.74, 6) is 0.455. The molecular formula is C38H33NO. The van der Waals surface area contributed by atoms with E-state index < -0.39 is 0 Å². The second kappa shape index (κ2) is 10.3. The van der Waals surface area contributed by atoms with Crippen molar-refractivity contribution in [2.75, 3.05) is 0 Å². The summed E-state index contributed by atoms with van der Waals surface area (Å²) in [6.07, 6.45) is 5.53. The van der Waals surface area contributed by atoms with Gasteiger partial charge in [0, 0.05) is 12.5 Å². The molecule has 0 N–H and O–H groups in total. The van der Waals surface area contributed by atoms with Crippen molar-refractivity contribution in [3.8, 4) is 11.1 Å². The lowest BCUT2D eigenvalue weighted by atomic mass is 9.71. The van der Waals surface area contributed by atoms with Crippen LogP contribution < -0.4 is 0 Å². The SMILES string of the molecule is Cc1ccc(-c2cccc([C@H]3CC=C[C@@H]4[C@@H]3C(=O)N(Cc3ccccc3)[C@H]4c3ccc4ccccc4c3)c2)cc1. The lowest BCUT2D eigenvalue weighted by Crippen LogP contribution is -2.31. The number of carbonyl (C=O) groups excluding carboxylic acids is 1. The molecule has 5 aromatic carbocycles. The van der Waals surface area contributed by atoms with Crippen molar-refractivity contribution in [2.45, 2.75) is 31.8 Å². The van der Waals surface area contributed by atoms with Gasteiger partial charge in [0.15, 0.2) is 0 Å². The summed E-state index contributed by atoms with van der Waals surface area (Å²) < 4.78 is 0. The van der Waals surface area contributed by atoms with Crippen molar-refractivity contribution in [2.24, 2.45) is 11.8 Å². The van der Waals surface area contributed by atoms with Gasteiger partial charge in [0.2, 0.25) is 5.91 Å². The van der Waals surface area contributed by atoms with Gasteiger partial charge in [-0.3, -0.25) is 4.79 Å². The lowest BCUT2D eigenvalue weighted by molar-refractivity contribution is -0.133. The molecule has 1 aliphatic carbocycles. The summed E-state index contributed by atoms with van der Waals surface area (Å²) in [5.41, 5.74) is 7.32. The molecule has 1 saturated heterocycles. The fraction of sp³-hybridized carbons (Fsp3) is 0.184. The molecule has 2 heteroatoms. The Morgan fingerprint density at radius 1 is 0.700 bits per heavy atom. The summed E-state index contributed by atoms with van der Waals surface area (Å²) in [6, 6.07) is 43.2. The number of nitrogens with zero attached hydrogens (tertiary/aromatic N) is 1. The first-order chi connectivity index (χ1) is 19.7. The zero-order valence-corrected chi connectivity index (χ0v) is 22.8. The van der Waals surface area contributed by atoms with Gasteiger partial charge in [-0.1, -0.05) is 133 Å². The number of amides is 1. The number of carbonyl (C=O) groups is 1. The molecule has 0 unspecified atom stereocenters. The second-order valence-corrected chi connectivity index (χ2v) is 11.4. The van der Waals surface area contributed by atoms with Crippen LogP contribution in [0.4, 0.5) is 0 Å². The number of aryl methyl sites for hydroxylation is 1. The van der Waals surface area contributed by atoms with Gasteiger partial charge < -0.3 is 4.90 Å². The number of benzene rings is 5. The molecule has 7 rings (SSSR count). The molecule has 0 aromatic heterocycles. The van der Waals surface area contributed by atoms with E-state index in [2.05, 4.69) is 139 Å². The molecule has 0 radical (unpaired) electrons. The Morgan fingerprint density at radius 2 is 1.48 bits per heavy atom. The Kier molecular flexibility index (Phi) is 6.32. The molecule has 1 fully saturated rings. The van der Waals surface area contributed by atoms with Crippen molar-refractivity contribution in [1.29, 1.82) is 0 Å². The Hall–Kier alpha value is -4.43. The Morgan fingerprint density at radius 3 is 2.30 bits per heavy atom. The van der Waals surface area contributed by atoms with Gasteiger partial charge in [-0.2, -0.15) is 0 Å². The summed E-state index contributed by atoms with van der Waals surface area (Å²) in [7, 11) is 0. The third-order valence-electron chi connectivity index (χ3n) is 8.88. The van der Waals surface area contributed by atoms with Gasteiger partial charge in [0.25, 0.3) is 0 Å². The normalized spacial score (nSPS) is 22.0. The van der Waals surface area contributed by atoms with Crippen LogP contribution in [0.1, 0.15) is 40.6 Å². The second-order valence-electron chi connectivity index (χ2n) is 11.4. The van der Waals surface area contributed by atoms with Crippen LogP contribution in [0.15, 0.2) is 133 Å². The molecule has 0 spiro atoms. The van der Waals surface area contributed by atoms with E-state index in [0.29, 0.717) is 6.54 Å². The highest BCUT2D eigenvalue weighted by Gasteiger charge is 2.51. The molecule has 40 heavy (non-hydrogen) atoms. The molecule has 196 valence electrons. The van der Waals surface area contributed by atoms with E-state index in [4.69, 9.17) is 0 Å². The summed E-state index contributed by atoms with van der Waals surface area (Å²) in [5, 5.41) is 2.45. The van der Waals surface area contributed by atoms with Crippen LogP contribution in [0.5, 0.6) is 0 Å². The first-order valence-electron chi connectivity index (χ1n) is 14.3. The van der Waals surface area contributed by atoms with Gasteiger partial charge in [-0.15, -0.1) is 0 Å². The van der Waals surface area contributed by atoms with Gasteiger partial charge in [0.1, 0.15) is 0 Å². The van der Waals surface area contributed by atoms with E-state index in [1.165, 1.54) is 44.2 Å². The maximum absolute atomic E-state index is 14.5. The van der Waals surface area contributed by atoms with Gasteiger partial charge in [-0.05, 0) is 63.9 Å². The summed E-state index contributed by atoms with van der Waals surface area (Å²) in [4.78, 5) is 16.6. The van der Waals surface area contributed by atoms with E-state index in [9.17, 15) is 4.79 Å². The third kappa shape index (κ3) is 4.44. The quantitative estimate of drug-likeness (QED) is 0.212. The lowest BCUT2D eigenvalue weighted by Gasteiger charge is -2.31. The first kappa shape index (κ1) is 24.6. The van der Waals surface area contributed by atoms with Crippen LogP contribution in [0.2, 0.25) is 0 Å². The highest BCUT2D eigenvalue weighted by Crippen LogP contribution is 2.52. The number of hydrogen-bond donors (Lipinski definition) is 0. The monoisotopic (exact) mass is 519 g/mol.